The lowest BCUT2D eigenvalue weighted by atomic mass is 10.0. The molecule has 0 aliphatic carbocycles. The molecule has 3 nitrogen and oxygen atoms in total. The van der Waals surface area contributed by atoms with Gasteiger partial charge in [-0.05, 0) is 31.5 Å². The average Bonchev–Trinajstić information content (AvgIpc) is 2.23. The third-order valence-electron chi connectivity index (χ3n) is 2.43. The van der Waals surface area contributed by atoms with Crippen LogP contribution < -0.4 is 5.32 Å². The summed E-state index contributed by atoms with van der Waals surface area (Å²) in [6, 6.07) is 5.44. The van der Waals surface area contributed by atoms with E-state index in [1.165, 1.54) is 0 Å². The molecule has 0 bridgehead atoms. The second-order valence-corrected chi connectivity index (χ2v) is 4.84. The molecule has 2 unspecified atom stereocenters. The van der Waals surface area contributed by atoms with Crippen LogP contribution in [-0.4, -0.2) is 22.9 Å². The molecule has 3 N–H and O–H groups in total. The molecule has 0 amide bonds. The van der Waals surface area contributed by atoms with Crippen molar-refractivity contribution in [2.75, 3.05) is 6.54 Å². The van der Waals surface area contributed by atoms with E-state index in [-0.39, 0.29) is 17.9 Å². The van der Waals surface area contributed by atoms with E-state index in [1.807, 2.05) is 13.0 Å². The lowest BCUT2D eigenvalue weighted by molar-refractivity contribution is 0.185. The molecule has 0 aliphatic heterocycles. The maximum absolute atomic E-state index is 9.78. The standard InChI is InChI=1S/C12H18BrNO2/c1-3-11(14-7-8(2)15)10-6-9(13)4-5-12(10)16/h4-6,8,11,14-16H,3,7H2,1-2H3. The van der Waals surface area contributed by atoms with E-state index < -0.39 is 0 Å². The van der Waals surface area contributed by atoms with E-state index in [0.717, 1.165) is 16.5 Å². The van der Waals surface area contributed by atoms with Gasteiger partial charge < -0.3 is 15.5 Å². The Kier molecular flexibility index (Phi) is 5.25. The maximum atomic E-state index is 9.78. The summed E-state index contributed by atoms with van der Waals surface area (Å²) < 4.78 is 0.942. The highest BCUT2D eigenvalue weighted by atomic mass is 79.9. The molecule has 4 heteroatoms. The van der Waals surface area contributed by atoms with Crippen LogP contribution in [0.15, 0.2) is 22.7 Å². The molecule has 1 aromatic rings. The molecule has 0 spiro atoms. The molecule has 0 saturated carbocycles. The Hall–Kier alpha value is -0.580. The Balaban J connectivity index is 2.81. The highest BCUT2D eigenvalue weighted by Crippen LogP contribution is 2.29. The quantitative estimate of drug-likeness (QED) is 0.780. The van der Waals surface area contributed by atoms with Gasteiger partial charge in [-0.3, -0.25) is 0 Å². The van der Waals surface area contributed by atoms with Crippen LogP contribution in [0.25, 0.3) is 0 Å². The van der Waals surface area contributed by atoms with E-state index in [9.17, 15) is 10.2 Å². The van der Waals surface area contributed by atoms with Crippen molar-refractivity contribution in [2.45, 2.75) is 32.4 Å². The smallest absolute Gasteiger partial charge is 0.120 e. The largest absolute Gasteiger partial charge is 0.508 e. The predicted molar refractivity (Wildman–Crippen MR) is 68.5 cm³/mol. The topological polar surface area (TPSA) is 52.5 Å². The predicted octanol–water partition coefficient (Wildman–Crippen LogP) is 2.58. The minimum absolute atomic E-state index is 0.0621. The Morgan fingerprint density at radius 2 is 2.12 bits per heavy atom. The van der Waals surface area contributed by atoms with Gasteiger partial charge in [0.25, 0.3) is 0 Å². The van der Waals surface area contributed by atoms with Crippen molar-refractivity contribution >= 4 is 15.9 Å². The van der Waals surface area contributed by atoms with Gasteiger partial charge in [-0.2, -0.15) is 0 Å². The van der Waals surface area contributed by atoms with E-state index in [4.69, 9.17) is 0 Å². The van der Waals surface area contributed by atoms with Crippen molar-refractivity contribution in [1.82, 2.24) is 5.32 Å². The number of aromatic hydroxyl groups is 1. The van der Waals surface area contributed by atoms with E-state index in [0.29, 0.717) is 6.54 Å². The fourth-order valence-corrected chi connectivity index (χ4v) is 1.97. The van der Waals surface area contributed by atoms with E-state index in [1.54, 1.807) is 19.1 Å². The molecule has 0 heterocycles. The van der Waals surface area contributed by atoms with Crippen LogP contribution in [0.2, 0.25) is 0 Å². The third-order valence-corrected chi connectivity index (χ3v) is 2.93. The highest BCUT2D eigenvalue weighted by Gasteiger charge is 2.13. The molecule has 0 aromatic heterocycles. The lowest BCUT2D eigenvalue weighted by Gasteiger charge is -2.19. The number of aliphatic hydroxyl groups excluding tert-OH is 1. The van der Waals surface area contributed by atoms with Crippen molar-refractivity contribution in [3.05, 3.63) is 28.2 Å². The Labute approximate surface area is 105 Å². The van der Waals surface area contributed by atoms with Crippen molar-refractivity contribution in [3.63, 3.8) is 0 Å². The molecule has 1 aromatic carbocycles. The molecule has 0 saturated heterocycles. The number of nitrogens with one attached hydrogen (secondary N) is 1. The molecular weight excluding hydrogens is 270 g/mol. The summed E-state index contributed by atoms with van der Waals surface area (Å²) in [5.41, 5.74) is 0.859. The van der Waals surface area contributed by atoms with E-state index in [2.05, 4.69) is 21.2 Å². The van der Waals surface area contributed by atoms with Gasteiger partial charge in [0.2, 0.25) is 0 Å². The van der Waals surface area contributed by atoms with E-state index >= 15 is 0 Å². The van der Waals surface area contributed by atoms with Gasteiger partial charge in [0.15, 0.2) is 0 Å². The zero-order valence-electron chi connectivity index (χ0n) is 9.57. The first-order chi connectivity index (χ1) is 7.54. The van der Waals surface area contributed by atoms with Gasteiger partial charge in [0.05, 0.1) is 6.10 Å². The molecule has 0 fully saturated rings. The summed E-state index contributed by atoms with van der Waals surface area (Å²) in [6.45, 7) is 4.30. The second-order valence-electron chi connectivity index (χ2n) is 3.92. The molecule has 0 radical (unpaired) electrons. The summed E-state index contributed by atoms with van der Waals surface area (Å²) in [5.74, 6) is 0.285. The first-order valence-electron chi connectivity index (χ1n) is 5.44. The van der Waals surface area contributed by atoms with Crippen molar-refractivity contribution in [3.8, 4) is 5.75 Å². The number of benzene rings is 1. The molecule has 2 atom stereocenters. The van der Waals surface area contributed by atoms with Gasteiger partial charge in [-0.1, -0.05) is 22.9 Å². The number of halogens is 1. The fourth-order valence-electron chi connectivity index (χ4n) is 1.59. The number of hydrogen-bond acceptors (Lipinski definition) is 3. The Bertz CT molecular complexity index is 342. The van der Waals surface area contributed by atoms with Gasteiger partial charge in [-0.15, -0.1) is 0 Å². The molecule has 16 heavy (non-hydrogen) atoms. The summed E-state index contributed by atoms with van der Waals surface area (Å²) in [7, 11) is 0. The van der Waals surface area contributed by atoms with Crippen molar-refractivity contribution in [2.24, 2.45) is 0 Å². The normalized spacial score (nSPS) is 14.8. The third kappa shape index (κ3) is 3.77. The fraction of sp³-hybridized carbons (Fsp3) is 0.500. The summed E-state index contributed by atoms with van der Waals surface area (Å²) >= 11 is 3.39. The monoisotopic (exact) mass is 287 g/mol. The maximum Gasteiger partial charge on any atom is 0.120 e. The van der Waals surface area contributed by atoms with Crippen LogP contribution in [0.1, 0.15) is 31.9 Å². The minimum Gasteiger partial charge on any atom is -0.508 e. The number of aliphatic hydroxyl groups is 1. The van der Waals surface area contributed by atoms with Crippen LogP contribution >= 0.6 is 15.9 Å². The first-order valence-corrected chi connectivity index (χ1v) is 6.23. The zero-order chi connectivity index (χ0) is 12.1. The lowest BCUT2D eigenvalue weighted by Crippen LogP contribution is -2.28. The number of phenols is 1. The molecule has 1 rings (SSSR count). The first kappa shape index (κ1) is 13.5. The molecular formula is C12H18BrNO2. The second kappa shape index (κ2) is 6.23. The summed E-state index contributed by atoms with van der Waals surface area (Å²) in [5, 5.41) is 22.2. The van der Waals surface area contributed by atoms with Crippen LogP contribution in [0.5, 0.6) is 5.75 Å². The minimum atomic E-state index is -0.386. The summed E-state index contributed by atoms with van der Waals surface area (Å²) in [4.78, 5) is 0. The van der Waals surface area contributed by atoms with Gasteiger partial charge in [0.1, 0.15) is 5.75 Å². The number of phenolic OH excluding ortho intramolecular Hbond substituents is 1. The van der Waals surface area contributed by atoms with Crippen LogP contribution in [-0.2, 0) is 0 Å². The Morgan fingerprint density at radius 1 is 1.44 bits per heavy atom. The average molecular weight is 288 g/mol. The van der Waals surface area contributed by atoms with Gasteiger partial charge >= 0.3 is 0 Å². The zero-order valence-corrected chi connectivity index (χ0v) is 11.2. The van der Waals surface area contributed by atoms with Gasteiger partial charge in [-0.25, -0.2) is 0 Å². The number of hydrogen-bond donors (Lipinski definition) is 3. The van der Waals surface area contributed by atoms with Crippen molar-refractivity contribution in [1.29, 1.82) is 0 Å². The van der Waals surface area contributed by atoms with Crippen LogP contribution in [0.4, 0.5) is 0 Å². The Morgan fingerprint density at radius 3 is 2.69 bits per heavy atom. The number of rotatable bonds is 5. The summed E-state index contributed by atoms with van der Waals surface area (Å²) in [6.07, 6.45) is 0.472. The SMILES string of the molecule is CCC(NCC(C)O)c1cc(Br)ccc1O. The highest BCUT2D eigenvalue weighted by molar-refractivity contribution is 9.10. The van der Waals surface area contributed by atoms with Crippen LogP contribution in [0.3, 0.4) is 0 Å². The van der Waals surface area contributed by atoms with Crippen molar-refractivity contribution < 1.29 is 10.2 Å². The molecule has 90 valence electrons. The van der Waals surface area contributed by atoms with Crippen LogP contribution in [0, 0.1) is 0 Å². The molecule has 0 aliphatic rings. The van der Waals surface area contributed by atoms with Gasteiger partial charge in [0, 0.05) is 22.6 Å².